The van der Waals surface area contributed by atoms with Crippen LogP contribution < -0.4 is 10.0 Å². The molecule has 0 aliphatic rings. The molecule has 3 rings (SSSR count). The third-order valence-electron chi connectivity index (χ3n) is 5.31. The van der Waals surface area contributed by atoms with E-state index in [1.807, 2.05) is 12.1 Å². The molecule has 1 atom stereocenters. The first-order valence-corrected chi connectivity index (χ1v) is 12.2. The van der Waals surface area contributed by atoms with Crippen LogP contribution in [0.4, 0.5) is 10.1 Å². The van der Waals surface area contributed by atoms with Crippen molar-refractivity contribution in [1.29, 1.82) is 0 Å². The highest BCUT2D eigenvalue weighted by Crippen LogP contribution is 2.21. The van der Waals surface area contributed by atoms with E-state index in [2.05, 4.69) is 28.8 Å². The van der Waals surface area contributed by atoms with Crippen molar-refractivity contribution in [3.8, 4) is 0 Å². The second-order valence-electron chi connectivity index (χ2n) is 7.49. The fraction of sp³-hybridized carbons (Fsp3) is 0.292. The molecule has 7 nitrogen and oxygen atoms in total. The molecular weight excluding hydrogens is 445 g/mol. The van der Waals surface area contributed by atoms with Gasteiger partial charge in [-0.1, -0.05) is 26.0 Å². The molecule has 176 valence electrons. The first-order chi connectivity index (χ1) is 15.8. The topological polar surface area (TPSA) is 91.7 Å². The molecule has 0 spiro atoms. The summed E-state index contributed by atoms with van der Waals surface area (Å²) in [4.78, 5) is 14.7. The predicted octanol–water partition coefficient (Wildman–Crippen LogP) is 3.96. The van der Waals surface area contributed by atoms with Crippen molar-refractivity contribution >= 4 is 21.6 Å². The van der Waals surface area contributed by atoms with Crippen molar-refractivity contribution in [2.24, 2.45) is 0 Å². The zero-order valence-electron chi connectivity index (χ0n) is 18.6. The third kappa shape index (κ3) is 6.66. The molecule has 0 radical (unpaired) electrons. The van der Waals surface area contributed by atoms with E-state index in [0.29, 0.717) is 12.2 Å². The lowest BCUT2D eigenvalue weighted by Crippen LogP contribution is -2.38. The van der Waals surface area contributed by atoms with Gasteiger partial charge < -0.3 is 9.73 Å². The number of nitrogens with zero attached hydrogens (tertiary/aromatic N) is 1. The predicted molar refractivity (Wildman–Crippen MR) is 125 cm³/mol. The van der Waals surface area contributed by atoms with E-state index in [1.165, 1.54) is 12.1 Å². The van der Waals surface area contributed by atoms with Crippen LogP contribution in [0, 0.1) is 5.82 Å². The lowest BCUT2D eigenvalue weighted by molar-refractivity contribution is -0.120. The van der Waals surface area contributed by atoms with Crippen molar-refractivity contribution in [3.63, 3.8) is 0 Å². The van der Waals surface area contributed by atoms with Gasteiger partial charge >= 0.3 is 0 Å². The molecule has 2 aromatic carbocycles. The standard InChI is InChI=1S/C24H28FN3O4S/c1-3-28(4-2)22(23-6-5-15-32-23)17-26-24(29)16-18-7-11-20(12-8-18)27-33(30,31)21-13-9-19(25)10-14-21/h5-15,22,27H,3-4,16-17H2,1-2H3,(H,26,29). The number of sulfonamides is 1. The maximum atomic E-state index is 13.0. The molecular formula is C24H28FN3O4S. The highest BCUT2D eigenvalue weighted by molar-refractivity contribution is 7.92. The van der Waals surface area contributed by atoms with Gasteiger partial charge in [-0.05, 0) is 67.2 Å². The summed E-state index contributed by atoms with van der Waals surface area (Å²) in [5.74, 6) is 0.152. The number of halogens is 1. The van der Waals surface area contributed by atoms with Crippen LogP contribution in [0.3, 0.4) is 0 Å². The molecule has 33 heavy (non-hydrogen) atoms. The molecule has 0 aliphatic carbocycles. The summed E-state index contributed by atoms with van der Waals surface area (Å²) in [7, 11) is -3.83. The second kappa shape index (κ2) is 11.1. The lowest BCUT2D eigenvalue weighted by atomic mass is 10.1. The Hall–Kier alpha value is -3.17. The van der Waals surface area contributed by atoms with Crippen LogP contribution in [0.2, 0.25) is 0 Å². The molecule has 0 fully saturated rings. The number of rotatable bonds is 11. The minimum atomic E-state index is -3.83. The molecule has 2 N–H and O–H groups in total. The molecule has 1 aromatic heterocycles. The van der Waals surface area contributed by atoms with Crippen LogP contribution >= 0.6 is 0 Å². The number of carbonyl (C=O) groups is 1. The van der Waals surface area contributed by atoms with E-state index in [1.54, 1.807) is 30.5 Å². The largest absolute Gasteiger partial charge is 0.468 e. The van der Waals surface area contributed by atoms with Crippen LogP contribution in [-0.2, 0) is 21.2 Å². The fourth-order valence-corrected chi connectivity index (χ4v) is 4.59. The molecule has 0 aliphatic heterocycles. The number of likely N-dealkylation sites (N-methyl/N-ethyl adjacent to an activating group) is 1. The maximum Gasteiger partial charge on any atom is 0.261 e. The Bertz CT molecular complexity index is 1130. The molecule has 0 saturated carbocycles. The first-order valence-electron chi connectivity index (χ1n) is 10.7. The summed E-state index contributed by atoms with van der Waals surface area (Å²) in [6, 6.07) is 14.8. The van der Waals surface area contributed by atoms with Crippen molar-refractivity contribution in [2.45, 2.75) is 31.2 Å². The van der Waals surface area contributed by atoms with Crippen molar-refractivity contribution in [3.05, 3.63) is 84.1 Å². The second-order valence-corrected chi connectivity index (χ2v) is 9.17. The summed E-state index contributed by atoms with van der Waals surface area (Å²) >= 11 is 0. The third-order valence-corrected chi connectivity index (χ3v) is 6.71. The highest BCUT2D eigenvalue weighted by atomic mass is 32.2. The van der Waals surface area contributed by atoms with Gasteiger partial charge in [-0.15, -0.1) is 0 Å². The molecule has 0 bridgehead atoms. The average Bonchev–Trinajstić information content (AvgIpc) is 3.32. The van der Waals surface area contributed by atoms with Crippen LogP contribution in [0.25, 0.3) is 0 Å². The Morgan fingerprint density at radius 3 is 2.27 bits per heavy atom. The van der Waals surface area contributed by atoms with Crippen molar-refractivity contribution < 1.29 is 22.0 Å². The first kappa shape index (κ1) is 24.5. The molecule has 0 saturated heterocycles. The van der Waals surface area contributed by atoms with Gasteiger partial charge in [0.2, 0.25) is 5.91 Å². The van der Waals surface area contributed by atoms with Gasteiger partial charge in [-0.2, -0.15) is 0 Å². The van der Waals surface area contributed by atoms with Crippen molar-refractivity contribution in [1.82, 2.24) is 10.2 Å². The number of benzene rings is 2. The summed E-state index contributed by atoms with van der Waals surface area (Å²) in [5, 5.41) is 2.96. The maximum absolute atomic E-state index is 13.0. The Balaban J connectivity index is 1.58. The van der Waals surface area contributed by atoms with Crippen LogP contribution in [0.15, 0.2) is 76.2 Å². The van der Waals surface area contributed by atoms with Gasteiger partial charge in [-0.25, -0.2) is 12.8 Å². The minimum Gasteiger partial charge on any atom is -0.468 e. The van der Waals surface area contributed by atoms with E-state index >= 15 is 0 Å². The van der Waals surface area contributed by atoms with Gasteiger partial charge in [0.15, 0.2) is 0 Å². The van der Waals surface area contributed by atoms with Gasteiger partial charge in [-0.3, -0.25) is 14.4 Å². The number of carbonyl (C=O) groups excluding carboxylic acids is 1. The number of amides is 1. The zero-order chi connectivity index (χ0) is 23.8. The fourth-order valence-electron chi connectivity index (χ4n) is 3.53. The van der Waals surface area contributed by atoms with Gasteiger partial charge in [0, 0.05) is 12.2 Å². The number of nitrogens with one attached hydrogen (secondary N) is 2. The molecule has 9 heteroatoms. The molecule has 1 unspecified atom stereocenters. The van der Waals surface area contributed by atoms with Crippen molar-refractivity contribution in [2.75, 3.05) is 24.4 Å². The smallest absolute Gasteiger partial charge is 0.261 e. The Labute approximate surface area is 193 Å². The van der Waals surface area contributed by atoms with E-state index in [0.717, 1.165) is 36.5 Å². The zero-order valence-corrected chi connectivity index (χ0v) is 19.4. The average molecular weight is 474 g/mol. The Morgan fingerprint density at radius 2 is 1.70 bits per heavy atom. The number of anilines is 1. The summed E-state index contributed by atoms with van der Waals surface area (Å²) in [6.45, 7) is 6.20. The summed E-state index contributed by atoms with van der Waals surface area (Å²) in [6.07, 6.45) is 1.79. The van der Waals surface area contributed by atoms with Gasteiger partial charge in [0.25, 0.3) is 10.0 Å². The quantitative estimate of drug-likeness (QED) is 0.440. The Kier molecular flexibility index (Phi) is 8.24. The van der Waals surface area contributed by atoms with E-state index < -0.39 is 15.8 Å². The van der Waals surface area contributed by atoms with Gasteiger partial charge in [0.1, 0.15) is 11.6 Å². The van der Waals surface area contributed by atoms with E-state index in [4.69, 9.17) is 4.42 Å². The van der Waals surface area contributed by atoms with Gasteiger partial charge in [0.05, 0.1) is 23.6 Å². The molecule has 1 amide bonds. The van der Waals surface area contributed by atoms with E-state index in [9.17, 15) is 17.6 Å². The van der Waals surface area contributed by atoms with E-state index in [-0.39, 0.29) is 23.3 Å². The normalized spacial score (nSPS) is 12.5. The minimum absolute atomic E-state index is 0.0355. The lowest BCUT2D eigenvalue weighted by Gasteiger charge is -2.28. The highest BCUT2D eigenvalue weighted by Gasteiger charge is 2.21. The monoisotopic (exact) mass is 473 g/mol. The molecule has 3 aromatic rings. The van der Waals surface area contributed by atoms with Crippen LogP contribution in [0.1, 0.15) is 31.2 Å². The SMILES string of the molecule is CCN(CC)C(CNC(=O)Cc1ccc(NS(=O)(=O)c2ccc(F)cc2)cc1)c1ccco1. The van der Waals surface area contributed by atoms with Crippen LogP contribution in [-0.4, -0.2) is 38.9 Å². The number of furan rings is 1. The summed E-state index contributed by atoms with van der Waals surface area (Å²) < 4.78 is 45.9. The number of hydrogen-bond acceptors (Lipinski definition) is 5. The molecule has 1 heterocycles. The van der Waals surface area contributed by atoms with Crippen LogP contribution in [0.5, 0.6) is 0 Å². The Morgan fingerprint density at radius 1 is 1.03 bits per heavy atom. The number of hydrogen-bond donors (Lipinski definition) is 2. The summed E-state index contributed by atoms with van der Waals surface area (Å²) in [5.41, 5.74) is 1.09.